The molecule has 1 atom stereocenters. The largest absolute Gasteiger partial charge is 0.312 e. The minimum absolute atomic E-state index is 0. The zero-order valence-corrected chi connectivity index (χ0v) is 7.07. The summed E-state index contributed by atoms with van der Waals surface area (Å²) in [7, 11) is 6.00. The van der Waals surface area contributed by atoms with Crippen molar-refractivity contribution in [3.05, 3.63) is 0 Å². The van der Waals surface area contributed by atoms with E-state index in [1.165, 1.54) is 0 Å². The molecule has 0 N–H and O–H groups in total. The molecule has 1 nitrogen and oxygen atoms in total. The van der Waals surface area contributed by atoms with E-state index in [0.29, 0.717) is 0 Å². The quantitative estimate of drug-likeness (QED) is 0.424. The minimum Gasteiger partial charge on any atom is -0.312 e. The summed E-state index contributed by atoms with van der Waals surface area (Å²) in [5.41, 5.74) is 0. The van der Waals surface area contributed by atoms with Crippen LogP contribution < -0.4 is 0 Å². The second-order valence-electron chi connectivity index (χ2n) is 1.34. The Balaban J connectivity index is -0.0000000450. The molecule has 0 spiro atoms. The molecular formula is C3H14NPS. The van der Waals surface area contributed by atoms with Crippen LogP contribution in [-0.2, 0) is 0 Å². The minimum atomic E-state index is 0. The summed E-state index contributed by atoms with van der Waals surface area (Å²) >= 11 is 0. The van der Waals surface area contributed by atoms with Crippen LogP contribution in [0.3, 0.4) is 0 Å². The van der Waals surface area contributed by atoms with Gasteiger partial charge >= 0.3 is 0 Å². The summed E-state index contributed by atoms with van der Waals surface area (Å²) in [5, 5.41) is 0. The van der Waals surface area contributed by atoms with Crippen LogP contribution in [-0.4, -0.2) is 26.0 Å². The summed E-state index contributed by atoms with van der Waals surface area (Å²) in [6.45, 7) is 0. The van der Waals surface area contributed by atoms with E-state index in [1.807, 2.05) is 26.0 Å². The standard InChI is InChI=1S/C3H9N.H3P.H2S/c1-4(2)3;;/h1-3H3;1H3;1H2. The van der Waals surface area contributed by atoms with Gasteiger partial charge in [0.15, 0.2) is 0 Å². The first-order valence-corrected chi connectivity index (χ1v) is 1.34. The first-order chi connectivity index (χ1) is 1.73. The highest BCUT2D eigenvalue weighted by Gasteiger charge is 1.58. The van der Waals surface area contributed by atoms with Gasteiger partial charge in [0.2, 0.25) is 0 Å². The fourth-order valence-electron chi connectivity index (χ4n) is 0. The predicted octanol–water partition coefficient (Wildman–Crippen LogP) is 0.349. The van der Waals surface area contributed by atoms with Gasteiger partial charge in [-0.3, -0.25) is 0 Å². The van der Waals surface area contributed by atoms with Crippen LogP contribution in [0, 0.1) is 0 Å². The molecule has 1 unspecified atom stereocenters. The van der Waals surface area contributed by atoms with Crippen LogP contribution in [0.2, 0.25) is 0 Å². The van der Waals surface area contributed by atoms with Gasteiger partial charge in [-0.1, -0.05) is 0 Å². The van der Waals surface area contributed by atoms with E-state index in [-0.39, 0.29) is 23.4 Å². The number of nitrogens with zero attached hydrogens (tertiary/aromatic N) is 1. The van der Waals surface area contributed by atoms with Crippen molar-refractivity contribution in [3.8, 4) is 0 Å². The summed E-state index contributed by atoms with van der Waals surface area (Å²) in [4.78, 5) is 2.00. The number of rotatable bonds is 0. The van der Waals surface area contributed by atoms with Gasteiger partial charge in [-0.2, -0.15) is 23.4 Å². The van der Waals surface area contributed by atoms with Crippen molar-refractivity contribution >= 4 is 23.4 Å². The van der Waals surface area contributed by atoms with Gasteiger partial charge in [0.1, 0.15) is 0 Å². The lowest BCUT2D eigenvalue weighted by Crippen LogP contribution is -1.99. The van der Waals surface area contributed by atoms with Crippen LogP contribution >= 0.6 is 23.4 Å². The highest BCUT2D eigenvalue weighted by molar-refractivity contribution is 7.59. The van der Waals surface area contributed by atoms with Crippen molar-refractivity contribution in [1.29, 1.82) is 0 Å². The third-order valence-electron chi connectivity index (χ3n) is 0. The Kier molecular flexibility index (Phi) is 24.4. The molecule has 0 amide bonds. The Morgan fingerprint density at radius 1 is 1.00 bits per heavy atom. The van der Waals surface area contributed by atoms with Gasteiger partial charge in [-0.15, -0.1) is 0 Å². The van der Waals surface area contributed by atoms with E-state index < -0.39 is 0 Å². The molecule has 0 radical (unpaired) electrons. The Morgan fingerprint density at radius 2 is 1.00 bits per heavy atom. The van der Waals surface area contributed by atoms with Crippen molar-refractivity contribution in [2.24, 2.45) is 0 Å². The predicted molar refractivity (Wildman–Crippen MR) is 41.1 cm³/mol. The molecule has 0 bridgehead atoms. The van der Waals surface area contributed by atoms with Crippen molar-refractivity contribution in [2.45, 2.75) is 0 Å². The topological polar surface area (TPSA) is 3.24 Å². The highest BCUT2D eigenvalue weighted by atomic mass is 32.1. The van der Waals surface area contributed by atoms with E-state index in [9.17, 15) is 0 Å². The second-order valence-corrected chi connectivity index (χ2v) is 1.34. The highest BCUT2D eigenvalue weighted by Crippen LogP contribution is 1.47. The summed E-state index contributed by atoms with van der Waals surface area (Å²) < 4.78 is 0. The van der Waals surface area contributed by atoms with Crippen molar-refractivity contribution in [2.75, 3.05) is 21.1 Å². The SMILES string of the molecule is CN(C)C.P.S. The maximum absolute atomic E-state index is 2.00. The molecule has 6 heavy (non-hydrogen) atoms. The van der Waals surface area contributed by atoms with E-state index in [0.717, 1.165) is 0 Å². The fourth-order valence-corrected chi connectivity index (χ4v) is 0. The molecule has 0 aliphatic heterocycles. The van der Waals surface area contributed by atoms with Gasteiger partial charge in [0, 0.05) is 0 Å². The zero-order chi connectivity index (χ0) is 3.58. The lowest BCUT2D eigenvalue weighted by Gasteiger charge is -1.90. The molecule has 0 aromatic heterocycles. The van der Waals surface area contributed by atoms with Gasteiger partial charge in [0.05, 0.1) is 0 Å². The maximum atomic E-state index is 2.00. The lowest BCUT2D eigenvalue weighted by molar-refractivity contribution is 0.505. The maximum Gasteiger partial charge on any atom is -0.0140 e. The molecule has 0 aliphatic carbocycles. The van der Waals surface area contributed by atoms with Crippen molar-refractivity contribution < 1.29 is 0 Å². The molecule has 0 fully saturated rings. The Hall–Kier alpha value is 0.740. The molecule has 0 aromatic rings. The third kappa shape index (κ3) is 121. The van der Waals surface area contributed by atoms with E-state index in [4.69, 9.17) is 0 Å². The van der Waals surface area contributed by atoms with Crippen molar-refractivity contribution in [3.63, 3.8) is 0 Å². The van der Waals surface area contributed by atoms with E-state index in [1.54, 1.807) is 0 Å². The molecule has 0 saturated carbocycles. The third-order valence-corrected chi connectivity index (χ3v) is 0. The van der Waals surface area contributed by atoms with Crippen LogP contribution in [0.5, 0.6) is 0 Å². The summed E-state index contributed by atoms with van der Waals surface area (Å²) in [5.74, 6) is 0. The number of hydrogen-bond acceptors (Lipinski definition) is 1. The van der Waals surface area contributed by atoms with E-state index >= 15 is 0 Å². The molecule has 0 rings (SSSR count). The van der Waals surface area contributed by atoms with Crippen LogP contribution in [0.1, 0.15) is 0 Å². The monoisotopic (exact) mass is 127 g/mol. The average molecular weight is 127 g/mol. The zero-order valence-electron chi connectivity index (χ0n) is 4.65. The Morgan fingerprint density at radius 3 is 1.00 bits per heavy atom. The van der Waals surface area contributed by atoms with Gasteiger partial charge in [0.25, 0.3) is 0 Å². The number of hydrogen-bond donors (Lipinski definition) is 0. The molecular weight excluding hydrogens is 113 g/mol. The van der Waals surface area contributed by atoms with Gasteiger partial charge in [-0.25, -0.2) is 0 Å². The lowest BCUT2D eigenvalue weighted by atomic mass is 11.0. The first kappa shape index (κ1) is 15.9. The first-order valence-electron chi connectivity index (χ1n) is 1.34. The van der Waals surface area contributed by atoms with Crippen LogP contribution in [0.15, 0.2) is 0 Å². The normalized spacial score (nSPS) is 6.00. The Labute approximate surface area is 50.2 Å². The molecule has 0 aromatic carbocycles. The fraction of sp³-hybridized carbons (Fsp3) is 1.00. The molecule has 0 aliphatic rings. The van der Waals surface area contributed by atoms with Crippen molar-refractivity contribution in [1.82, 2.24) is 4.90 Å². The summed E-state index contributed by atoms with van der Waals surface area (Å²) in [6.07, 6.45) is 0. The van der Waals surface area contributed by atoms with Crippen LogP contribution in [0.25, 0.3) is 0 Å². The molecule has 0 saturated heterocycles. The molecule has 3 heteroatoms. The Bertz CT molecular complexity index is 15.5. The van der Waals surface area contributed by atoms with Gasteiger partial charge in [-0.05, 0) is 21.1 Å². The van der Waals surface area contributed by atoms with E-state index in [2.05, 4.69) is 0 Å². The molecule has 42 valence electrons. The summed E-state index contributed by atoms with van der Waals surface area (Å²) in [6, 6.07) is 0. The van der Waals surface area contributed by atoms with Crippen LogP contribution in [0.4, 0.5) is 0 Å². The molecule has 0 heterocycles. The smallest absolute Gasteiger partial charge is 0.0140 e. The second kappa shape index (κ2) is 9.22. The average Bonchev–Trinajstić information content (AvgIpc) is 0.811. The van der Waals surface area contributed by atoms with Gasteiger partial charge < -0.3 is 4.90 Å².